The van der Waals surface area contributed by atoms with Gasteiger partial charge in [-0.2, -0.15) is 13.2 Å². The first-order chi connectivity index (χ1) is 12.1. The van der Waals surface area contributed by atoms with Crippen LogP contribution in [0.5, 0.6) is 0 Å². The average Bonchev–Trinajstić information content (AvgIpc) is 3.06. The Morgan fingerprint density at radius 2 is 2.04 bits per heavy atom. The SMILES string of the molecule is C=CC(=O)N1CCN(C(=O)c2ccc(CNC(=O)C(F)(F)F)o2)[C@@H](C)C1. The maximum Gasteiger partial charge on any atom is 0.471 e. The quantitative estimate of drug-likeness (QED) is 0.807. The van der Waals surface area contributed by atoms with Crippen molar-refractivity contribution in [2.24, 2.45) is 0 Å². The molecular weight excluding hydrogens is 355 g/mol. The van der Waals surface area contributed by atoms with Crippen LogP contribution in [0.15, 0.2) is 29.2 Å². The first-order valence-electron chi connectivity index (χ1n) is 7.79. The number of amides is 3. The molecular formula is C16H18F3N3O4. The molecule has 1 fully saturated rings. The van der Waals surface area contributed by atoms with Gasteiger partial charge in [0.1, 0.15) is 5.76 Å². The van der Waals surface area contributed by atoms with Crippen LogP contribution >= 0.6 is 0 Å². The minimum atomic E-state index is -4.98. The lowest BCUT2D eigenvalue weighted by Crippen LogP contribution is -2.55. The molecule has 0 radical (unpaired) electrons. The van der Waals surface area contributed by atoms with Gasteiger partial charge >= 0.3 is 12.1 Å². The number of piperazine rings is 1. The van der Waals surface area contributed by atoms with Crippen LogP contribution in [-0.4, -0.2) is 59.4 Å². The van der Waals surface area contributed by atoms with Crippen LogP contribution in [0.2, 0.25) is 0 Å². The Balaban J connectivity index is 1.96. The van der Waals surface area contributed by atoms with Crippen molar-refractivity contribution >= 4 is 17.7 Å². The van der Waals surface area contributed by atoms with Crippen LogP contribution in [0.1, 0.15) is 23.2 Å². The molecule has 0 spiro atoms. The van der Waals surface area contributed by atoms with Gasteiger partial charge in [-0.3, -0.25) is 14.4 Å². The summed E-state index contributed by atoms with van der Waals surface area (Å²) in [5.74, 6) is -2.75. The molecule has 0 bridgehead atoms. The lowest BCUT2D eigenvalue weighted by Gasteiger charge is -2.39. The molecule has 1 aromatic rings. The van der Waals surface area contributed by atoms with Gasteiger partial charge in [-0.05, 0) is 25.1 Å². The molecule has 1 aromatic heterocycles. The van der Waals surface area contributed by atoms with Gasteiger partial charge in [0, 0.05) is 25.7 Å². The Kier molecular flexibility index (Phi) is 5.73. The number of halogens is 3. The van der Waals surface area contributed by atoms with Crippen molar-refractivity contribution in [2.45, 2.75) is 25.7 Å². The molecule has 1 saturated heterocycles. The number of hydrogen-bond donors (Lipinski definition) is 1. The Bertz CT molecular complexity index is 714. The predicted octanol–water partition coefficient (Wildman–Crippen LogP) is 1.32. The summed E-state index contributed by atoms with van der Waals surface area (Å²) >= 11 is 0. The van der Waals surface area contributed by atoms with E-state index in [1.165, 1.54) is 23.1 Å². The Morgan fingerprint density at radius 3 is 2.62 bits per heavy atom. The van der Waals surface area contributed by atoms with Crippen molar-refractivity contribution in [2.75, 3.05) is 19.6 Å². The van der Waals surface area contributed by atoms with Gasteiger partial charge in [0.2, 0.25) is 5.91 Å². The molecule has 2 rings (SSSR count). The molecule has 0 aromatic carbocycles. The standard InChI is InChI=1S/C16H18F3N3O4/c1-3-13(23)21-6-7-22(10(2)9-21)14(24)12-5-4-11(26-12)8-20-15(25)16(17,18)19/h3-5,10H,1,6-9H2,2H3,(H,20,25)/t10-/m0/s1. The van der Waals surface area contributed by atoms with E-state index >= 15 is 0 Å². The van der Waals surface area contributed by atoms with Crippen molar-refractivity contribution in [1.29, 1.82) is 0 Å². The van der Waals surface area contributed by atoms with Gasteiger partial charge in [-0.15, -0.1) is 0 Å². The highest BCUT2D eigenvalue weighted by Gasteiger charge is 2.38. The minimum Gasteiger partial charge on any atom is -0.454 e. The van der Waals surface area contributed by atoms with E-state index in [1.54, 1.807) is 17.1 Å². The highest BCUT2D eigenvalue weighted by atomic mass is 19.4. The second kappa shape index (κ2) is 7.63. The topological polar surface area (TPSA) is 82.9 Å². The van der Waals surface area contributed by atoms with Crippen LogP contribution in [0.3, 0.4) is 0 Å². The first kappa shape index (κ1) is 19.5. The number of alkyl halides is 3. The van der Waals surface area contributed by atoms with Gasteiger partial charge in [-0.25, -0.2) is 0 Å². The van der Waals surface area contributed by atoms with E-state index < -0.39 is 24.5 Å². The summed E-state index contributed by atoms with van der Waals surface area (Å²) < 4.78 is 41.7. The molecule has 0 unspecified atom stereocenters. The second-order valence-corrected chi connectivity index (χ2v) is 5.78. The fourth-order valence-corrected chi connectivity index (χ4v) is 2.59. The van der Waals surface area contributed by atoms with Crippen molar-refractivity contribution < 1.29 is 32.0 Å². The van der Waals surface area contributed by atoms with Gasteiger partial charge in [0.15, 0.2) is 5.76 Å². The summed E-state index contributed by atoms with van der Waals surface area (Å²) in [7, 11) is 0. The molecule has 142 valence electrons. The number of rotatable bonds is 4. The van der Waals surface area contributed by atoms with Crippen molar-refractivity contribution in [3.05, 3.63) is 36.3 Å². The van der Waals surface area contributed by atoms with Crippen LogP contribution in [-0.2, 0) is 16.1 Å². The van der Waals surface area contributed by atoms with Crippen molar-refractivity contribution in [3.8, 4) is 0 Å². The van der Waals surface area contributed by atoms with Gasteiger partial charge in [0.05, 0.1) is 6.54 Å². The number of hydrogen-bond acceptors (Lipinski definition) is 4. The maximum atomic E-state index is 12.5. The summed E-state index contributed by atoms with van der Waals surface area (Å²) in [5.41, 5.74) is 0. The second-order valence-electron chi connectivity index (χ2n) is 5.78. The fraction of sp³-hybridized carbons (Fsp3) is 0.438. The van der Waals surface area contributed by atoms with Gasteiger partial charge in [0.25, 0.3) is 5.91 Å². The number of nitrogens with zero attached hydrogens (tertiary/aromatic N) is 2. The third-order valence-corrected chi connectivity index (χ3v) is 3.93. The summed E-state index contributed by atoms with van der Waals surface area (Å²) in [5, 5.41) is 1.67. The number of nitrogens with one attached hydrogen (secondary N) is 1. The van der Waals surface area contributed by atoms with E-state index in [0.717, 1.165) is 0 Å². The molecule has 3 amide bonds. The molecule has 1 N–H and O–H groups in total. The molecule has 1 aliphatic rings. The summed E-state index contributed by atoms with van der Waals surface area (Å²) in [6, 6.07) is 2.40. The van der Waals surface area contributed by atoms with E-state index in [1.807, 2.05) is 0 Å². The molecule has 10 heteroatoms. The lowest BCUT2D eigenvalue weighted by atomic mass is 10.1. The third-order valence-electron chi connectivity index (χ3n) is 3.93. The van der Waals surface area contributed by atoms with E-state index in [2.05, 4.69) is 6.58 Å². The van der Waals surface area contributed by atoms with Crippen LogP contribution < -0.4 is 5.32 Å². The van der Waals surface area contributed by atoms with Crippen molar-refractivity contribution in [3.63, 3.8) is 0 Å². The van der Waals surface area contributed by atoms with Gasteiger partial charge < -0.3 is 19.5 Å². The number of carbonyl (C=O) groups is 3. The molecule has 0 aliphatic carbocycles. The van der Waals surface area contributed by atoms with Crippen molar-refractivity contribution in [1.82, 2.24) is 15.1 Å². The molecule has 2 heterocycles. The Labute approximate surface area is 147 Å². The van der Waals surface area contributed by atoms with E-state index in [4.69, 9.17) is 4.42 Å². The number of carbonyl (C=O) groups excluding carboxylic acids is 3. The summed E-state index contributed by atoms with van der Waals surface area (Å²) in [4.78, 5) is 38.0. The summed E-state index contributed by atoms with van der Waals surface area (Å²) in [6.07, 6.45) is -3.78. The van der Waals surface area contributed by atoms with Crippen LogP contribution in [0, 0.1) is 0 Å². The predicted molar refractivity (Wildman–Crippen MR) is 83.9 cm³/mol. The molecule has 0 saturated carbocycles. The zero-order valence-electron chi connectivity index (χ0n) is 14.0. The average molecular weight is 373 g/mol. The van der Waals surface area contributed by atoms with Crippen LogP contribution in [0.4, 0.5) is 13.2 Å². The smallest absolute Gasteiger partial charge is 0.454 e. The zero-order valence-corrected chi connectivity index (χ0v) is 14.0. The molecule has 7 nitrogen and oxygen atoms in total. The van der Waals surface area contributed by atoms with E-state index in [9.17, 15) is 27.6 Å². The minimum absolute atomic E-state index is 0.0269. The Hall–Kier alpha value is -2.78. The van der Waals surface area contributed by atoms with E-state index in [0.29, 0.717) is 19.6 Å². The Morgan fingerprint density at radius 1 is 1.35 bits per heavy atom. The highest BCUT2D eigenvalue weighted by molar-refractivity contribution is 5.92. The molecule has 26 heavy (non-hydrogen) atoms. The summed E-state index contributed by atoms with van der Waals surface area (Å²) in [6.45, 7) is 5.69. The fourth-order valence-electron chi connectivity index (χ4n) is 2.59. The monoisotopic (exact) mass is 373 g/mol. The number of furan rings is 1. The molecule has 1 atom stereocenters. The third kappa shape index (κ3) is 4.44. The highest BCUT2D eigenvalue weighted by Crippen LogP contribution is 2.18. The van der Waals surface area contributed by atoms with E-state index in [-0.39, 0.29) is 23.5 Å². The van der Waals surface area contributed by atoms with Crippen LogP contribution in [0.25, 0.3) is 0 Å². The largest absolute Gasteiger partial charge is 0.471 e. The molecule has 1 aliphatic heterocycles. The first-order valence-corrected chi connectivity index (χ1v) is 7.79. The normalized spacial score (nSPS) is 17.8. The lowest BCUT2D eigenvalue weighted by molar-refractivity contribution is -0.173. The zero-order chi connectivity index (χ0) is 19.5. The maximum absolute atomic E-state index is 12.5. The van der Waals surface area contributed by atoms with Gasteiger partial charge in [-0.1, -0.05) is 6.58 Å².